The van der Waals surface area contributed by atoms with E-state index in [0.717, 1.165) is 51.9 Å². The molecular formula is C17H34N2O2. The van der Waals surface area contributed by atoms with Gasteiger partial charge >= 0.3 is 0 Å². The minimum Gasteiger partial charge on any atom is -0.318 e. The van der Waals surface area contributed by atoms with Gasteiger partial charge in [-0.3, -0.25) is 9.59 Å². The van der Waals surface area contributed by atoms with Crippen LogP contribution in [-0.2, 0) is 9.59 Å². The van der Waals surface area contributed by atoms with E-state index < -0.39 is 0 Å². The zero-order valence-electron chi connectivity index (χ0n) is 14.2. The predicted octanol–water partition coefficient (Wildman–Crippen LogP) is 2.81. The molecular weight excluding hydrogens is 264 g/mol. The lowest BCUT2D eigenvalue weighted by molar-refractivity contribution is -0.119. The van der Waals surface area contributed by atoms with E-state index in [1.54, 1.807) is 0 Å². The summed E-state index contributed by atoms with van der Waals surface area (Å²) in [4.78, 5) is 25.7. The van der Waals surface area contributed by atoms with Gasteiger partial charge in [0.2, 0.25) is 0 Å². The Bertz CT molecular complexity index is 256. The Morgan fingerprint density at radius 2 is 1.29 bits per heavy atom. The maximum atomic E-state index is 11.8. The summed E-state index contributed by atoms with van der Waals surface area (Å²) in [6, 6.07) is 0. The van der Waals surface area contributed by atoms with Crippen LogP contribution in [0.3, 0.4) is 0 Å². The molecule has 0 aliphatic heterocycles. The second kappa shape index (κ2) is 14.2. The van der Waals surface area contributed by atoms with Crippen LogP contribution in [0, 0.1) is 0 Å². The molecule has 0 rings (SSSR count). The van der Waals surface area contributed by atoms with Crippen molar-refractivity contribution in [2.45, 2.75) is 65.2 Å². The van der Waals surface area contributed by atoms with Gasteiger partial charge in [-0.1, -0.05) is 26.7 Å². The van der Waals surface area contributed by atoms with Crippen molar-refractivity contribution in [1.82, 2.24) is 10.2 Å². The fraction of sp³-hybridized carbons (Fsp3) is 0.882. The second-order valence-electron chi connectivity index (χ2n) is 5.73. The van der Waals surface area contributed by atoms with Crippen LogP contribution in [-0.4, -0.2) is 49.7 Å². The van der Waals surface area contributed by atoms with Crippen molar-refractivity contribution in [3.8, 4) is 0 Å². The smallest absolute Gasteiger partial charge is 0.134 e. The Morgan fingerprint density at radius 3 is 1.67 bits per heavy atom. The van der Waals surface area contributed by atoms with Gasteiger partial charge in [0.1, 0.15) is 11.6 Å². The van der Waals surface area contributed by atoms with Crippen LogP contribution in [0.25, 0.3) is 0 Å². The van der Waals surface area contributed by atoms with E-state index in [1.165, 1.54) is 0 Å². The number of carbonyl (C=O) groups is 2. The maximum Gasteiger partial charge on any atom is 0.134 e. The Balaban J connectivity index is 4.01. The third-order valence-corrected chi connectivity index (χ3v) is 3.71. The van der Waals surface area contributed by atoms with E-state index >= 15 is 0 Å². The molecule has 4 nitrogen and oxygen atoms in total. The first-order chi connectivity index (χ1) is 10.1. The number of Topliss-reactive ketones (excluding diaryl/α,β-unsaturated/α-hetero) is 2. The minimum absolute atomic E-state index is 0.351. The van der Waals surface area contributed by atoms with Gasteiger partial charge in [0.05, 0.1) is 0 Å². The first kappa shape index (κ1) is 20.3. The molecule has 0 amide bonds. The van der Waals surface area contributed by atoms with Gasteiger partial charge in [-0.15, -0.1) is 0 Å². The lowest BCUT2D eigenvalue weighted by atomic mass is 10.1. The highest BCUT2D eigenvalue weighted by atomic mass is 16.1. The van der Waals surface area contributed by atoms with Gasteiger partial charge in [0.15, 0.2) is 0 Å². The van der Waals surface area contributed by atoms with Crippen molar-refractivity contribution in [3.63, 3.8) is 0 Å². The number of unbranched alkanes of at least 4 members (excludes halogenated alkanes) is 2. The normalized spacial score (nSPS) is 11.0. The standard InChI is InChI=1S/C17H34N2O2/c1-4-6-8-16(20)10-13-19(15-12-18-3)14-11-17(21)9-7-5-2/h18H,4-15H2,1-3H3. The largest absolute Gasteiger partial charge is 0.318 e. The molecule has 1 N–H and O–H groups in total. The second-order valence-corrected chi connectivity index (χ2v) is 5.73. The predicted molar refractivity (Wildman–Crippen MR) is 88.7 cm³/mol. The SMILES string of the molecule is CCCCC(=O)CCN(CCNC)CCC(=O)CCCC. The van der Waals surface area contributed by atoms with E-state index in [2.05, 4.69) is 24.1 Å². The summed E-state index contributed by atoms with van der Waals surface area (Å²) >= 11 is 0. The zero-order chi connectivity index (χ0) is 15.9. The van der Waals surface area contributed by atoms with E-state index in [-0.39, 0.29) is 0 Å². The number of likely N-dealkylation sites (N-methyl/N-ethyl adjacent to an activating group) is 1. The molecule has 4 heteroatoms. The van der Waals surface area contributed by atoms with Crippen LogP contribution in [0.4, 0.5) is 0 Å². The number of nitrogens with one attached hydrogen (secondary N) is 1. The van der Waals surface area contributed by atoms with Crippen molar-refractivity contribution in [3.05, 3.63) is 0 Å². The van der Waals surface area contributed by atoms with Crippen LogP contribution < -0.4 is 5.32 Å². The molecule has 0 aliphatic rings. The molecule has 21 heavy (non-hydrogen) atoms. The quantitative estimate of drug-likeness (QED) is 0.505. The molecule has 0 aliphatic carbocycles. The van der Waals surface area contributed by atoms with Crippen molar-refractivity contribution in [1.29, 1.82) is 0 Å². The van der Waals surface area contributed by atoms with Gasteiger partial charge in [-0.2, -0.15) is 0 Å². The van der Waals surface area contributed by atoms with Crippen molar-refractivity contribution in [2.75, 3.05) is 33.2 Å². The van der Waals surface area contributed by atoms with Crippen LogP contribution in [0.2, 0.25) is 0 Å². The topological polar surface area (TPSA) is 49.4 Å². The average molecular weight is 298 g/mol. The number of carbonyl (C=O) groups excluding carboxylic acids is 2. The summed E-state index contributed by atoms with van der Waals surface area (Å²) in [5.74, 6) is 0.701. The highest BCUT2D eigenvalue weighted by molar-refractivity contribution is 5.79. The van der Waals surface area contributed by atoms with Gasteiger partial charge in [0, 0.05) is 51.9 Å². The zero-order valence-corrected chi connectivity index (χ0v) is 14.2. The molecule has 0 spiro atoms. The molecule has 0 atom stereocenters. The summed E-state index contributed by atoms with van der Waals surface area (Å²) in [5.41, 5.74) is 0. The maximum absolute atomic E-state index is 11.8. The monoisotopic (exact) mass is 298 g/mol. The summed E-state index contributed by atoms with van der Waals surface area (Å²) in [5, 5.41) is 3.13. The summed E-state index contributed by atoms with van der Waals surface area (Å²) in [6.07, 6.45) is 6.76. The minimum atomic E-state index is 0.351. The number of rotatable bonds is 15. The van der Waals surface area contributed by atoms with Crippen molar-refractivity contribution in [2.24, 2.45) is 0 Å². The average Bonchev–Trinajstić information content (AvgIpc) is 2.49. The van der Waals surface area contributed by atoms with Gasteiger partial charge < -0.3 is 10.2 Å². The van der Waals surface area contributed by atoms with E-state index in [1.807, 2.05) is 7.05 Å². The van der Waals surface area contributed by atoms with Crippen molar-refractivity contribution >= 4 is 11.6 Å². The van der Waals surface area contributed by atoms with Gasteiger partial charge in [-0.25, -0.2) is 0 Å². The Kier molecular flexibility index (Phi) is 13.7. The van der Waals surface area contributed by atoms with E-state index in [9.17, 15) is 9.59 Å². The number of nitrogens with zero attached hydrogens (tertiary/aromatic N) is 1. The van der Waals surface area contributed by atoms with Crippen LogP contribution >= 0.6 is 0 Å². The summed E-state index contributed by atoms with van der Waals surface area (Å²) < 4.78 is 0. The molecule has 0 aromatic rings. The fourth-order valence-corrected chi connectivity index (χ4v) is 2.17. The van der Waals surface area contributed by atoms with E-state index in [4.69, 9.17) is 0 Å². The Hall–Kier alpha value is -0.740. The van der Waals surface area contributed by atoms with Crippen molar-refractivity contribution < 1.29 is 9.59 Å². The Labute approximate surface area is 130 Å². The van der Waals surface area contributed by atoms with Crippen LogP contribution in [0.1, 0.15) is 65.2 Å². The number of hydrogen-bond acceptors (Lipinski definition) is 4. The fourth-order valence-electron chi connectivity index (χ4n) is 2.17. The van der Waals surface area contributed by atoms with Crippen LogP contribution in [0.15, 0.2) is 0 Å². The molecule has 0 radical (unpaired) electrons. The molecule has 0 aromatic heterocycles. The molecule has 0 saturated heterocycles. The van der Waals surface area contributed by atoms with Crippen LogP contribution in [0.5, 0.6) is 0 Å². The number of ketones is 2. The molecule has 0 fully saturated rings. The molecule has 0 aromatic carbocycles. The van der Waals surface area contributed by atoms with Gasteiger partial charge in [-0.05, 0) is 19.9 Å². The molecule has 0 bridgehead atoms. The molecule has 124 valence electrons. The van der Waals surface area contributed by atoms with Gasteiger partial charge in [0.25, 0.3) is 0 Å². The highest BCUT2D eigenvalue weighted by Crippen LogP contribution is 2.03. The molecule has 0 unspecified atom stereocenters. The van der Waals surface area contributed by atoms with E-state index in [0.29, 0.717) is 37.2 Å². The first-order valence-corrected chi connectivity index (χ1v) is 8.54. The molecule has 0 saturated carbocycles. The molecule has 0 heterocycles. The number of hydrogen-bond donors (Lipinski definition) is 1. The third-order valence-electron chi connectivity index (χ3n) is 3.71. The third kappa shape index (κ3) is 12.7. The highest BCUT2D eigenvalue weighted by Gasteiger charge is 2.10. The Morgan fingerprint density at radius 1 is 0.810 bits per heavy atom. The first-order valence-electron chi connectivity index (χ1n) is 8.54. The lowest BCUT2D eigenvalue weighted by Crippen LogP contribution is -2.34. The lowest BCUT2D eigenvalue weighted by Gasteiger charge is -2.21. The summed E-state index contributed by atoms with van der Waals surface area (Å²) in [6.45, 7) is 7.57. The summed E-state index contributed by atoms with van der Waals surface area (Å²) in [7, 11) is 1.93.